The Hall–Kier alpha value is -2.62. The van der Waals surface area contributed by atoms with Gasteiger partial charge in [0.15, 0.2) is 5.52 Å². The van der Waals surface area contributed by atoms with Crippen molar-refractivity contribution in [3.63, 3.8) is 0 Å². The normalized spacial score (nSPS) is 10.9. The number of nitrogens with zero attached hydrogens (tertiary/aromatic N) is 5. The minimum absolute atomic E-state index is 0. The van der Waals surface area contributed by atoms with Gasteiger partial charge >= 0.3 is 0 Å². The SMILES string of the molecule is CCc1nnc(CCn2ncc3nc(NCc4ccc(Cl)c(Cl)c4)[nH]c(=O)c32)o1.Cl. The van der Waals surface area contributed by atoms with Crippen LogP contribution in [0.4, 0.5) is 5.95 Å². The molecule has 3 aromatic heterocycles. The van der Waals surface area contributed by atoms with Crippen LogP contribution in [0, 0.1) is 0 Å². The van der Waals surface area contributed by atoms with Crippen LogP contribution in [0.2, 0.25) is 10.0 Å². The van der Waals surface area contributed by atoms with E-state index in [4.69, 9.17) is 27.6 Å². The lowest BCUT2D eigenvalue weighted by atomic mass is 10.2. The first kappa shape index (κ1) is 22.1. The van der Waals surface area contributed by atoms with Gasteiger partial charge in [-0.2, -0.15) is 5.10 Å². The average Bonchev–Trinajstić information content (AvgIpc) is 3.34. The molecule has 30 heavy (non-hydrogen) atoms. The smallest absolute Gasteiger partial charge is 0.278 e. The first-order valence-electron chi connectivity index (χ1n) is 8.98. The van der Waals surface area contributed by atoms with Gasteiger partial charge in [0.2, 0.25) is 17.7 Å². The summed E-state index contributed by atoms with van der Waals surface area (Å²) in [5.74, 6) is 1.44. The molecule has 158 valence electrons. The molecule has 0 radical (unpaired) electrons. The third kappa shape index (κ3) is 4.75. The quantitative estimate of drug-likeness (QED) is 0.423. The maximum Gasteiger partial charge on any atom is 0.278 e. The standard InChI is InChI=1S/C18H17Cl2N7O2.ClH/c1-2-14-25-26-15(29-14)5-6-27-16-13(9-22-27)23-18(24-17(16)28)21-8-10-3-4-11(19)12(20)7-10;/h3-4,7,9H,2,5-6,8H2,1H3,(H2,21,23,24,28);1H. The molecule has 0 fully saturated rings. The van der Waals surface area contributed by atoms with Crippen LogP contribution >= 0.6 is 35.6 Å². The third-order valence-electron chi connectivity index (χ3n) is 4.29. The van der Waals surface area contributed by atoms with E-state index in [1.807, 2.05) is 13.0 Å². The number of hydrogen-bond donors (Lipinski definition) is 2. The minimum Gasteiger partial charge on any atom is -0.425 e. The molecule has 1 aromatic carbocycles. The molecule has 0 unspecified atom stereocenters. The second kappa shape index (κ2) is 9.46. The van der Waals surface area contributed by atoms with E-state index in [9.17, 15) is 4.79 Å². The van der Waals surface area contributed by atoms with Crippen molar-refractivity contribution in [1.29, 1.82) is 0 Å². The lowest BCUT2D eigenvalue weighted by molar-refractivity contribution is 0.438. The van der Waals surface area contributed by atoms with E-state index in [-0.39, 0.29) is 18.0 Å². The number of rotatable bonds is 7. The molecule has 0 bridgehead atoms. The number of nitrogens with one attached hydrogen (secondary N) is 2. The van der Waals surface area contributed by atoms with Gasteiger partial charge in [-0.1, -0.05) is 36.2 Å². The van der Waals surface area contributed by atoms with E-state index >= 15 is 0 Å². The molecule has 9 nitrogen and oxygen atoms in total. The summed E-state index contributed by atoms with van der Waals surface area (Å²) >= 11 is 12.0. The zero-order valence-corrected chi connectivity index (χ0v) is 18.2. The fraction of sp³-hybridized carbons (Fsp3) is 0.278. The van der Waals surface area contributed by atoms with Gasteiger partial charge in [0.25, 0.3) is 5.56 Å². The first-order chi connectivity index (χ1) is 14.0. The van der Waals surface area contributed by atoms with Gasteiger partial charge in [-0.25, -0.2) is 4.98 Å². The van der Waals surface area contributed by atoms with Crippen molar-refractivity contribution in [3.05, 3.63) is 62.1 Å². The largest absolute Gasteiger partial charge is 0.425 e. The zero-order valence-electron chi connectivity index (χ0n) is 15.9. The predicted octanol–water partition coefficient (Wildman–Crippen LogP) is 3.65. The Balaban J connectivity index is 0.00000256. The molecule has 2 N–H and O–H groups in total. The number of H-pyrrole nitrogens is 1. The van der Waals surface area contributed by atoms with Crippen LogP contribution in [-0.4, -0.2) is 29.9 Å². The Morgan fingerprint density at radius 3 is 2.73 bits per heavy atom. The van der Waals surface area contributed by atoms with Crippen LogP contribution < -0.4 is 10.9 Å². The third-order valence-corrected chi connectivity index (χ3v) is 5.03. The summed E-state index contributed by atoms with van der Waals surface area (Å²) in [5, 5.41) is 16.2. The Kier molecular flexibility index (Phi) is 6.96. The van der Waals surface area contributed by atoms with Gasteiger partial charge < -0.3 is 9.73 Å². The van der Waals surface area contributed by atoms with Crippen molar-refractivity contribution in [2.24, 2.45) is 0 Å². The highest BCUT2D eigenvalue weighted by molar-refractivity contribution is 6.42. The van der Waals surface area contributed by atoms with E-state index in [2.05, 4.69) is 30.6 Å². The number of benzene rings is 1. The molecule has 0 saturated carbocycles. The van der Waals surface area contributed by atoms with Crippen LogP contribution in [0.25, 0.3) is 11.0 Å². The Morgan fingerprint density at radius 2 is 2.00 bits per heavy atom. The highest BCUT2D eigenvalue weighted by atomic mass is 35.5. The zero-order chi connectivity index (χ0) is 20.4. The Morgan fingerprint density at radius 1 is 1.20 bits per heavy atom. The highest BCUT2D eigenvalue weighted by Gasteiger charge is 2.12. The molecule has 3 heterocycles. The predicted molar refractivity (Wildman–Crippen MR) is 117 cm³/mol. The lowest BCUT2D eigenvalue weighted by Crippen LogP contribution is -2.16. The fourth-order valence-corrected chi connectivity index (χ4v) is 3.15. The molecule has 4 aromatic rings. The van der Waals surface area contributed by atoms with Gasteiger partial charge in [-0.05, 0) is 17.7 Å². The summed E-state index contributed by atoms with van der Waals surface area (Å²) in [6.45, 7) is 2.79. The monoisotopic (exact) mass is 469 g/mol. The van der Waals surface area contributed by atoms with Gasteiger partial charge in [0.05, 0.1) is 22.8 Å². The lowest BCUT2D eigenvalue weighted by Gasteiger charge is -2.07. The second-order valence-corrected chi connectivity index (χ2v) is 7.13. The van der Waals surface area contributed by atoms with Crippen molar-refractivity contribution >= 4 is 52.6 Å². The molecular formula is C18H18Cl3N7O2. The Bertz CT molecular complexity index is 1220. The maximum atomic E-state index is 12.6. The van der Waals surface area contributed by atoms with E-state index in [1.54, 1.807) is 23.0 Å². The molecule has 12 heteroatoms. The van der Waals surface area contributed by atoms with E-state index < -0.39 is 0 Å². The molecule has 0 amide bonds. The molecule has 4 rings (SSSR count). The number of hydrogen-bond acceptors (Lipinski definition) is 7. The van der Waals surface area contributed by atoms with Crippen molar-refractivity contribution in [3.8, 4) is 0 Å². The van der Waals surface area contributed by atoms with Gasteiger partial charge in [0.1, 0.15) is 5.52 Å². The van der Waals surface area contributed by atoms with Crippen molar-refractivity contribution in [2.45, 2.75) is 32.9 Å². The Labute approximate surface area is 187 Å². The molecule has 0 aliphatic heterocycles. The number of halogens is 3. The molecule has 0 aliphatic carbocycles. The van der Waals surface area contributed by atoms with E-state index in [1.165, 1.54) is 0 Å². The summed E-state index contributed by atoms with van der Waals surface area (Å²) in [5.41, 5.74) is 1.50. The fourth-order valence-electron chi connectivity index (χ4n) is 2.83. The highest BCUT2D eigenvalue weighted by Crippen LogP contribution is 2.22. The molecular weight excluding hydrogens is 453 g/mol. The number of aromatic nitrogens is 6. The van der Waals surface area contributed by atoms with Crippen LogP contribution in [0.3, 0.4) is 0 Å². The van der Waals surface area contributed by atoms with Crippen molar-refractivity contribution in [1.82, 2.24) is 29.9 Å². The van der Waals surface area contributed by atoms with Gasteiger partial charge in [-0.15, -0.1) is 22.6 Å². The van der Waals surface area contributed by atoms with Crippen LogP contribution in [0.15, 0.2) is 33.6 Å². The summed E-state index contributed by atoms with van der Waals surface area (Å²) in [7, 11) is 0. The number of anilines is 1. The topological polar surface area (TPSA) is 115 Å². The van der Waals surface area contributed by atoms with Gasteiger partial charge in [-0.3, -0.25) is 14.5 Å². The van der Waals surface area contributed by atoms with Crippen LogP contribution in [-0.2, 0) is 25.9 Å². The number of aromatic amines is 1. The molecule has 0 aliphatic rings. The van der Waals surface area contributed by atoms with Crippen LogP contribution in [0.5, 0.6) is 0 Å². The summed E-state index contributed by atoms with van der Waals surface area (Å²) in [4.78, 5) is 19.7. The molecule has 0 spiro atoms. The molecule has 0 saturated heterocycles. The summed E-state index contributed by atoms with van der Waals surface area (Å²) < 4.78 is 7.07. The van der Waals surface area contributed by atoms with E-state index in [0.29, 0.717) is 64.7 Å². The minimum atomic E-state index is -0.288. The van der Waals surface area contributed by atoms with Crippen molar-refractivity contribution < 1.29 is 4.42 Å². The summed E-state index contributed by atoms with van der Waals surface area (Å²) in [6.07, 6.45) is 2.71. The van der Waals surface area contributed by atoms with Gasteiger partial charge in [0, 0.05) is 19.4 Å². The maximum absolute atomic E-state index is 12.6. The van der Waals surface area contributed by atoms with E-state index in [0.717, 1.165) is 5.56 Å². The summed E-state index contributed by atoms with van der Waals surface area (Å²) in [6, 6.07) is 5.32. The first-order valence-corrected chi connectivity index (χ1v) is 9.74. The average molecular weight is 471 g/mol. The number of fused-ring (bicyclic) bond motifs is 1. The molecule has 0 atom stereocenters. The van der Waals surface area contributed by atoms with Crippen LogP contribution in [0.1, 0.15) is 24.3 Å². The van der Waals surface area contributed by atoms with Crippen molar-refractivity contribution in [2.75, 3.05) is 5.32 Å². The second-order valence-electron chi connectivity index (χ2n) is 6.31. The number of aryl methyl sites for hydroxylation is 3.